The van der Waals surface area contributed by atoms with Crippen molar-refractivity contribution in [2.45, 2.75) is 71.8 Å². The number of phosphoric ester groups is 1. The summed E-state index contributed by atoms with van der Waals surface area (Å²) in [5, 5.41) is 0. The quantitative estimate of drug-likeness (QED) is 0.165. The average Bonchev–Trinajstić information content (AvgIpc) is 2.68. The van der Waals surface area contributed by atoms with Crippen LogP contribution in [0, 0.1) is 0 Å². The molecule has 0 saturated heterocycles. The highest BCUT2D eigenvalue weighted by atomic mass is 31.2. The fourth-order valence-electron chi connectivity index (χ4n) is 2.40. The van der Waals surface area contributed by atoms with Gasteiger partial charge in [-0.1, -0.05) is 0 Å². The van der Waals surface area contributed by atoms with Crippen LogP contribution in [0.3, 0.4) is 0 Å². The van der Waals surface area contributed by atoms with Crippen molar-refractivity contribution in [3.63, 3.8) is 0 Å². The minimum atomic E-state index is -9.56. The molecule has 0 unspecified atom stereocenters. The van der Waals surface area contributed by atoms with Crippen LogP contribution in [0.1, 0.15) is 6.42 Å². The van der Waals surface area contributed by atoms with Gasteiger partial charge in [-0.15, -0.1) is 0 Å². The molecule has 0 rings (SSSR count). The number of hydrogen-bond donors (Lipinski definition) is 2. The first kappa shape index (κ1) is 39.5. The van der Waals surface area contributed by atoms with Gasteiger partial charge in [-0.05, 0) is 0 Å². The van der Waals surface area contributed by atoms with Crippen molar-refractivity contribution < 1.29 is 120 Å². The number of halogens is 23. The fraction of sp³-hybridized carbons (Fsp3) is 1.00. The van der Waals surface area contributed by atoms with E-state index in [-0.39, 0.29) is 0 Å². The van der Waals surface area contributed by atoms with E-state index in [9.17, 15) is 106 Å². The van der Waals surface area contributed by atoms with Crippen molar-refractivity contribution in [3.05, 3.63) is 0 Å². The van der Waals surface area contributed by atoms with Crippen molar-refractivity contribution in [2.24, 2.45) is 0 Å². The first-order valence-electron chi connectivity index (χ1n) is 8.75. The highest BCUT2D eigenvalue weighted by Crippen LogP contribution is 2.68. The maximum atomic E-state index is 13.6. The molecule has 0 bridgehead atoms. The third-order valence-corrected chi connectivity index (χ3v) is 5.23. The first-order chi connectivity index (χ1) is 17.2. The summed E-state index contributed by atoms with van der Waals surface area (Å²) in [6, 6.07) is 0. The van der Waals surface area contributed by atoms with Gasteiger partial charge in [-0.3, -0.25) is 4.52 Å². The van der Waals surface area contributed by atoms with Crippen LogP contribution in [0.2, 0.25) is 0 Å². The van der Waals surface area contributed by atoms with Crippen molar-refractivity contribution in [3.8, 4) is 0 Å². The highest BCUT2D eigenvalue weighted by Gasteiger charge is 2.99. The highest BCUT2D eigenvalue weighted by molar-refractivity contribution is 7.46. The smallest absolute Gasteiger partial charge is 0.303 e. The minimum Gasteiger partial charge on any atom is -0.303 e. The Labute approximate surface area is 207 Å². The van der Waals surface area contributed by atoms with Crippen molar-refractivity contribution in [2.75, 3.05) is 6.61 Å². The molecule has 0 saturated carbocycles. The van der Waals surface area contributed by atoms with Crippen molar-refractivity contribution in [1.82, 2.24) is 0 Å². The van der Waals surface area contributed by atoms with Gasteiger partial charge in [0.1, 0.15) is 0 Å². The van der Waals surface area contributed by atoms with Crippen LogP contribution < -0.4 is 0 Å². The maximum absolute atomic E-state index is 13.6. The third-order valence-electron chi connectivity index (χ3n) is 4.71. The van der Waals surface area contributed by atoms with Gasteiger partial charge in [-0.2, -0.15) is 96.6 Å². The third kappa shape index (κ3) is 5.51. The van der Waals surface area contributed by atoms with Gasteiger partial charge in [-0.25, -0.2) is 8.96 Å². The van der Waals surface area contributed by atoms with Gasteiger partial charge in [0.25, 0.3) is 0 Å². The van der Waals surface area contributed by atoms with E-state index in [2.05, 4.69) is 4.52 Å². The van der Waals surface area contributed by atoms with Crippen LogP contribution in [0.25, 0.3) is 0 Å². The molecule has 0 fully saturated rings. The Morgan fingerprint density at radius 1 is 0.439 bits per heavy atom. The predicted molar refractivity (Wildman–Crippen MR) is 78.1 cm³/mol. The van der Waals surface area contributed by atoms with Gasteiger partial charge in [0.2, 0.25) is 0 Å². The molecule has 2 N–H and O–H groups in total. The Kier molecular flexibility index (Phi) is 9.66. The molecule has 0 aromatic rings. The Morgan fingerprint density at radius 3 is 0.927 bits per heavy atom. The Hall–Kier alpha value is -1.50. The summed E-state index contributed by atoms with van der Waals surface area (Å²) in [5.41, 5.74) is -9.08. The summed E-state index contributed by atoms with van der Waals surface area (Å²) in [7, 11) is -5.98. The normalized spacial score (nSPS) is 16.8. The van der Waals surface area contributed by atoms with Crippen molar-refractivity contribution in [1.29, 1.82) is 0 Å². The number of phosphoric acid groups is 1. The van der Waals surface area contributed by atoms with Gasteiger partial charge in [0, 0.05) is 6.42 Å². The summed E-state index contributed by atoms with van der Waals surface area (Å²) >= 11 is 0. The molecule has 41 heavy (non-hydrogen) atoms. The van der Waals surface area contributed by atoms with E-state index in [1.165, 1.54) is 0 Å². The van der Waals surface area contributed by atoms with Crippen LogP contribution in [-0.2, 0) is 9.09 Å². The molecule has 248 valence electrons. The number of alkyl halides is 23. The fourth-order valence-corrected chi connectivity index (χ4v) is 2.73. The first-order valence-corrected chi connectivity index (χ1v) is 10.3. The minimum absolute atomic E-state index is 2.58. The molecule has 28 heteroatoms. The standard InChI is InChI=1S/C13H6F23O4P/c14-3(15,1-2-40-41(37,38)39)5(17,18)7(21,22)9(25,26)11(29,30)10(27,28)8(23,24)6(19,20)4(16,12(31,32)33)13(34,35)36/h1-2H2,(H2,37,38,39). The Morgan fingerprint density at radius 2 is 0.683 bits per heavy atom. The van der Waals surface area contributed by atoms with E-state index in [4.69, 9.17) is 9.79 Å². The Balaban J connectivity index is 7.14. The molecule has 0 aliphatic rings. The molecular formula is C13H6F23O4P. The van der Waals surface area contributed by atoms with Gasteiger partial charge >= 0.3 is 73.2 Å². The van der Waals surface area contributed by atoms with E-state index in [0.717, 1.165) is 0 Å². The summed E-state index contributed by atoms with van der Waals surface area (Å²) in [6.07, 6.45) is -20.5. The molecule has 4 nitrogen and oxygen atoms in total. The average molecular weight is 694 g/mol. The van der Waals surface area contributed by atoms with Crippen LogP contribution in [0.15, 0.2) is 0 Å². The summed E-state index contributed by atoms with van der Waals surface area (Å²) in [4.78, 5) is 16.2. The Bertz CT molecular complexity index is 976. The lowest BCUT2D eigenvalue weighted by Gasteiger charge is -2.46. The van der Waals surface area contributed by atoms with E-state index >= 15 is 0 Å². The van der Waals surface area contributed by atoms with E-state index in [1.807, 2.05) is 0 Å². The second-order valence-corrected chi connectivity index (χ2v) is 8.69. The molecule has 0 atom stereocenters. The largest absolute Gasteiger partial charge is 0.469 e. The monoisotopic (exact) mass is 694 g/mol. The topological polar surface area (TPSA) is 66.8 Å². The second-order valence-electron chi connectivity index (χ2n) is 7.45. The molecule has 0 radical (unpaired) electrons. The lowest BCUT2D eigenvalue weighted by Crippen LogP contribution is -2.79. The summed E-state index contributed by atoms with van der Waals surface area (Å²) < 4.78 is 318. The SMILES string of the molecule is O=P(O)(O)OCCC(F)(F)C(F)(F)C(F)(F)C(F)(F)C(F)(F)C(F)(F)C(F)(F)C(F)(F)C(F)(C(F)(F)F)C(F)(F)F. The molecule has 0 spiro atoms. The lowest BCUT2D eigenvalue weighted by molar-refractivity contribution is -0.481. The van der Waals surface area contributed by atoms with Crippen molar-refractivity contribution >= 4 is 7.82 Å². The molecule has 0 aromatic carbocycles. The zero-order valence-corrected chi connectivity index (χ0v) is 18.7. The van der Waals surface area contributed by atoms with E-state index in [0.29, 0.717) is 0 Å². The molecular weight excluding hydrogens is 688 g/mol. The van der Waals surface area contributed by atoms with Crippen LogP contribution >= 0.6 is 7.82 Å². The molecule has 0 heterocycles. The zero-order chi connectivity index (χ0) is 34.1. The van der Waals surface area contributed by atoms with Gasteiger partial charge < -0.3 is 9.79 Å². The van der Waals surface area contributed by atoms with Crippen LogP contribution in [0.4, 0.5) is 101 Å². The van der Waals surface area contributed by atoms with E-state index < -0.39 is 86.3 Å². The number of rotatable bonds is 12. The lowest BCUT2D eigenvalue weighted by atomic mass is 9.82. The van der Waals surface area contributed by atoms with Crippen LogP contribution in [-0.4, -0.2) is 81.8 Å². The molecule has 0 aromatic heterocycles. The molecule has 0 aliphatic heterocycles. The zero-order valence-electron chi connectivity index (χ0n) is 17.8. The van der Waals surface area contributed by atoms with Gasteiger partial charge in [0.15, 0.2) is 0 Å². The van der Waals surface area contributed by atoms with E-state index in [1.54, 1.807) is 0 Å². The predicted octanol–water partition coefficient (Wildman–Crippen LogP) is 7.40. The van der Waals surface area contributed by atoms with Crippen LogP contribution in [0.5, 0.6) is 0 Å². The maximum Gasteiger partial charge on any atom is 0.469 e. The number of hydrogen-bond acceptors (Lipinski definition) is 2. The molecule has 0 aliphatic carbocycles. The van der Waals surface area contributed by atoms with Gasteiger partial charge in [0.05, 0.1) is 6.61 Å². The summed E-state index contributed by atoms with van der Waals surface area (Å²) in [6.45, 7) is -2.58. The molecule has 0 amide bonds. The summed E-state index contributed by atoms with van der Waals surface area (Å²) in [5.74, 6) is -71.6. The second kappa shape index (κ2) is 10.0.